The van der Waals surface area contributed by atoms with E-state index in [-0.39, 0.29) is 11.6 Å². The first-order chi connectivity index (χ1) is 18.4. The fourth-order valence-corrected chi connectivity index (χ4v) is 4.82. The number of hydrogen-bond acceptors (Lipinski definition) is 5. The van der Waals surface area contributed by atoms with Gasteiger partial charge in [0.1, 0.15) is 23.0 Å². The second-order valence-corrected chi connectivity index (χ2v) is 9.79. The molecule has 4 aromatic rings. The van der Waals surface area contributed by atoms with Crippen molar-refractivity contribution in [1.82, 2.24) is 5.32 Å². The highest BCUT2D eigenvalue weighted by molar-refractivity contribution is 6.30. The number of aryl methyl sites for hydroxylation is 1. The molecule has 3 N–H and O–H groups in total. The molecule has 0 aromatic heterocycles. The summed E-state index contributed by atoms with van der Waals surface area (Å²) < 4.78 is 12.0. The number of rotatable bonds is 9. The minimum absolute atomic E-state index is 0.205. The van der Waals surface area contributed by atoms with Crippen LogP contribution < -0.4 is 14.8 Å². The topological polar surface area (TPSA) is 88.0 Å². The van der Waals surface area contributed by atoms with Gasteiger partial charge in [-0.25, -0.2) is 4.79 Å². The van der Waals surface area contributed by atoms with Crippen molar-refractivity contribution in [2.45, 2.75) is 31.4 Å². The van der Waals surface area contributed by atoms with Crippen molar-refractivity contribution in [3.8, 4) is 23.0 Å². The molecule has 1 aliphatic carbocycles. The largest absolute Gasteiger partial charge is 0.478 e. The van der Waals surface area contributed by atoms with Crippen LogP contribution in [0.1, 0.15) is 39.6 Å². The number of nitrogens with one attached hydrogen (secondary N) is 1. The van der Waals surface area contributed by atoms with Gasteiger partial charge in [0, 0.05) is 23.7 Å². The summed E-state index contributed by atoms with van der Waals surface area (Å²) in [5.41, 5.74) is 3.55. The van der Waals surface area contributed by atoms with Crippen molar-refractivity contribution < 1.29 is 24.5 Å². The zero-order valence-electron chi connectivity index (χ0n) is 20.6. The summed E-state index contributed by atoms with van der Waals surface area (Å²) in [7, 11) is 0. The van der Waals surface area contributed by atoms with E-state index in [1.807, 2.05) is 36.4 Å². The summed E-state index contributed by atoms with van der Waals surface area (Å²) in [6, 6.07) is 27.3. The fourth-order valence-electron chi connectivity index (χ4n) is 4.62. The van der Waals surface area contributed by atoms with Crippen molar-refractivity contribution in [3.63, 3.8) is 0 Å². The van der Waals surface area contributed by atoms with Gasteiger partial charge in [0.2, 0.25) is 0 Å². The van der Waals surface area contributed by atoms with Gasteiger partial charge in [0.05, 0.1) is 11.7 Å². The summed E-state index contributed by atoms with van der Waals surface area (Å²) in [5, 5.41) is 23.7. The average molecular weight is 530 g/mol. The Bertz CT molecular complexity index is 1420. The molecule has 7 heteroatoms. The SMILES string of the molecule is O=C(O)c1ccc(Oc2cccc(Oc3ccc4c(c3)C[C@@H](NC[C@@H](O)c3cccc(Cl)c3)CC4)c2)cc1. The number of carboxylic acids is 1. The number of hydrogen-bond donors (Lipinski definition) is 3. The second kappa shape index (κ2) is 11.7. The molecule has 0 unspecified atom stereocenters. The lowest BCUT2D eigenvalue weighted by Crippen LogP contribution is -2.37. The van der Waals surface area contributed by atoms with Crippen molar-refractivity contribution in [2.24, 2.45) is 0 Å². The van der Waals surface area contributed by atoms with Crippen LogP contribution in [0.5, 0.6) is 23.0 Å². The van der Waals surface area contributed by atoms with Crippen LogP contribution in [0.25, 0.3) is 0 Å². The number of carbonyl (C=O) groups is 1. The lowest BCUT2D eigenvalue weighted by molar-refractivity contribution is 0.0697. The summed E-state index contributed by atoms with van der Waals surface area (Å²) in [4.78, 5) is 11.0. The van der Waals surface area contributed by atoms with E-state index in [2.05, 4.69) is 17.4 Å². The Kier molecular flexibility index (Phi) is 7.94. The molecule has 0 fully saturated rings. The van der Waals surface area contributed by atoms with Crippen LogP contribution in [0.2, 0.25) is 5.02 Å². The van der Waals surface area contributed by atoms with Crippen molar-refractivity contribution in [2.75, 3.05) is 6.54 Å². The van der Waals surface area contributed by atoms with Crippen LogP contribution in [0.15, 0.2) is 91.0 Å². The first-order valence-electron chi connectivity index (χ1n) is 12.5. The first-order valence-corrected chi connectivity index (χ1v) is 12.9. The molecule has 4 aromatic carbocycles. The van der Waals surface area contributed by atoms with E-state index in [0.717, 1.165) is 30.6 Å². The Hall–Kier alpha value is -3.84. The maximum atomic E-state index is 11.0. The monoisotopic (exact) mass is 529 g/mol. The number of benzene rings is 4. The normalized spacial score (nSPS) is 15.4. The highest BCUT2D eigenvalue weighted by Gasteiger charge is 2.20. The number of halogens is 1. The van der Waals surface area contributed by atoms with Crippen LogP contribution in [-0.2, 0) is 12.8 Å². The minimum atomic E-state index is -0.978. The Morgan fingerprint density at radius 2 is 1.55 bits per heavy atom. The predicted octanol–water partition coefficient (Wildman–Crippen LogP) is 6.80. The number of carboxylic acid groups (broad SMARTS) is 1. The number of ether oxygens (including phenoxy) is 2. The molecule has 0 bridgehead atoms. The molecule has 0 saturated carbocycles. The lowest BCUT2D eigenvalue weighted by Gasteiger charge is -2.27. The molecule has 194 valence electrons. The molecule has 38 heavy (non-hydrogen) atoms. The predicted molar refractivity (Wildman–Crippen MR) is 147 cm³/mol. The molecule has 5 rings (SSSR count). The van der Waals surface area contributed by atoms with Crippen LogP contribution in [0, 0.1) is 0 Å². The van der Waals surface area contributed by atoms with E-state index < -0.39 is 12.1 Å². The molecular formula is C31H28ClNO5. The van der Waals surface area contributed by atoms with Crippen LogP contribution >= 0.6 is 11.6 Å². The number of aliphatic hydroxyl groups is 1. The molecule has 0 heterocycles. The van der Waals surface area contributed by atoms with Gasteiger partial charge in [-0.1, -0.05) is 35.9 Å². The van der Waals surface area contributed by atoms with E-state index in [0.29, 0.717) is 28.8 Å². The summed E-state index contributed by atoms with van der Waals surface area (Å²) >= 11 is 6.06. The highest BCUT2D eigenvalue weighted by atomic mass is 35.5. The maximum absolute atomic E-state index is 11.0. The third-order valence-corrected chi connectivity index (χ3v) is 6.85. The molecular weight excluding hydrogens is 502 g/mol. The zero-order chi connectivity index (χ0) is 26.5. The van der Waals surface area contributed by atoms with E-state index in [1.165, 1.54) is 23.3 Å². The number of fused-ring (bicyclic) bond motifs is 1. The van der Waals surface area contributed by atoms with E-state index in [9.17, 15) is 9.90 Å². The van der Waals surface area contributed by atoms with Gasteiger partial charge in [0.15, 0.2) is 0 Å². The van der Waals surface area contributed by atoms with Gasteiger partial charge in [-0.15, -0.1) is 0 Å². The van der Waals surface area contributed by atoms with E-state index >= 15 is 0 Å². The molecule has 0 saturated heterocycles. The smallest absolute Gasteiger partial charge is 0.335 e. The standard InChI is InChI=1S/C31H28ClNO5/c32-24-4-1-3-22(15-24)30(34)19-33-25-11-7-20-8-14-29(17-23(20)16-25)38-28-6-2-5-27(18-28)37-26-12-9-21(10-13-26)31(35)36/h1-6,8-10,12-15,17-18,25,30,33-34H,7,11,16,19H2,(H,35,36)/t25-,30+/m0/s1. The Balaban J connectivity index is 1.20. The molecule has 0 amide bonds. The van der Waals surface area contributed by atoms with Crippen molar-refractivity contribution >= 4 is 17.6 Å². The highest BCUT2D eigenvalue weighted by Crippen LogP contribution is 2.31. The maximum Gasteiger partial charge on any atom is 0.335 e. The summed E-state index contributed by atoms with van der Waals surface area (Å²) in [6.45, 7) is 0.461. The van der Waals surface area contributed by atoms with E-state index in [4.69, 9.17) is 26.2 Å². The molecule has 0 aliphatic heterocycles. The van der Waals surface area contributed by atoms with Gasteiger partial charge >= 0.3 is 5.97 Å². The number of aliphatic hydroxyl groups excluding tert-OH is 1. The van der Waals surface area contributed by atoms with Crippen LogP contribution in [-0.4, -0.2) is 28.8 Å². The van der Waals surface area contributed by atoms with Crippen molar-refractivity contribution in [1.29, 1.82) is 0 Å². The summed E-state index contributed by atoms with van der Waals surface area (Å²) in [5.74, 6) is 1.53. The second-order valence-electron chi connectivity index (χ2n) is 9.36. The third kappa shape index (κ3) is 6.53. The number of aromatic carboxylic acids is 1. The van der Waals surface area contributed by atoms with Gasteiger partial charge in [-0.05, 0) is 96.6 Å². The van der Waals surface area contributed by atoms with Gasteiger partial charge in [0.25, 0.3) is 0 Å². The Labute approximate surface area is 226 Å². The molecule has 0 radical (unpaired) electrons. The van der Waals surface area contributed by atoms with Gasteiger partial charge in [-0.3, -0.25) is 0 Å². The zero-order valence-corrected chi connectivity index (χ0v) is 21.4. The fraction of sp³-hybridized carbons (Fsp3) is 0.194. The molecule has 0 spiro atoms. The van der Waals surface area contributed by atoms with Crippen LogP contribution in [0.4, 0.5) is 0 Å². The molecule has 6 nitrogen and oxygen atoms in total. The first kappa shape index (κ1) is 25.8. The Morgan fingerprint density at radius 3 is 2.29 bits per heavy atom. The third-order valence-electron chi connectivity index (χ3n) is 6.62. The van der Waals surface area contributed by atoms with Gasteiger partial charge < -0.3 is 25.0 Å². The van der Waals surface area contributed by atoms with Crippen molar-refractivity contribution in [3.05, 3.63) is 118 Å². The van der Waals surface area contributed by atoms with Gasteiger partial charge in [-0.2, -0.15) is 0 Å². The Morgan fingerprint density at radius 1 is 0.868 bits per heavy atom. The molecule has 1 aliphatic rings. The van der Waals surface area contributed by atoms with Crippen LogP contribution in [0.3, 0.4) is 0 Å². The lowest BCUT2D eigenvalue weighted by atomic mass is 9.88. The molecule has 2 atom stereocenters. The van der Waals surface area contributed by atoms with E-state index in [1.54, 1.807) is 30.3 Å². The quantitative estimate of drug-likeness (QED) is 0.221. The summed E-state index contributed by atoms with van der Waals surface area (Å²) in [6.07, 6.45) is 2.20. The average Bonchev–Trinajstić information content (AvgIpc) is 2.92. The minimum Gasteiger partial charge on any atom is -0.478 e.